The van der Waals surface area contributed by atoms with Crippen molar-refractivity contribution in [3.63, 3.8) is 0 Å². The topological polar surface area (TPSA) is 109 Å². The van der Waals surface area contributed by atoms with Gasteiger partial charge in [-0.05, 0) is 19.3 Å². The van der Waals surface area contributed by atoms with Crippen LogP contribution in [0.3, 0.4) is 0 Å². The molecule has 0 radical (unpaired) electrons. The van der Waals surface area contributed by atoms with Crippen LogP contribution in [-0.2, 0) is 4.79 Å². The summed E-state index contributed by atoms with van der Waals surface area (Å²) in [6.45, 7) is 3.27. The molecule has 1 amide bonds. The van der Waals surface area contributed by atoms with Crippen LogP contribution in [0.4, 0.5) is 8.78 Å². The van der Waals surface area contributed by atoms with Crippen LogP contribution in [0.25, 0.3) is 5.73 Å². The molecule has 1 saturated carbocycles. The third kappa shape index (κ3) is 5.29. The fraction of sp³-hybridized carbons (Fsp3) is 0.750. The van der Waals surface area contributed by atoms with Gasteiger partial charge in [0.2, 0.25) is 17.6 Å². The quantitative estimate of drug-likeness (QED) is 0.646. The van der Waals surface area contributed by atoms with Gasteiger partial charge in [0.05, 0.1) is 6.04 Å². The highest BCUT2D eigenvalue weighted by Crippen LogP contribution is 2.38. The summed E-state index contributed by atoms with van der Waals surface area (Å²) in [5, 5.41) is 6.09. The number of rotatable bonds is 10. The van der Waals surface area contributed by atoms with Crippen LogP contribution in [0, 0.1) is 0 Å². The van der Waals surface area contributed by atoms with Gasteiger partial charge in [0, 0.05) is 18.8 Å². The van der Waals surface area contributed by atoms with Crippen molar-refractivity contribution in [2.45, 2.75) is 76.3 Å². The second-order valence-corrected chi connectivity index (χ2v) is 6.43. The molecule has 1 aliphatic rings. The van der Waals surface area contributed by atoms with E-state index in [-0.39, 0.29) is 31.1 Å². The Labute approximate surface area is 144 Å². The molecule has 0 aliphatic heterocycles. The van der Waals surface area contributed by atoms with Crippen LogP contribution in [0.2, 0.25) is 0 Å². The number of amides is 1. The summed E-state index contributed by atoms with van der Waals surface area (Å²) < 4.78 is 32.1. The monoisotopic (exact) mass is 357 g/mol. The molecule has 0 bridgehead atoms. The molecule has 2 N–H and O–H groups in total. The molecule has 2 atom stereocenters. The number of hydrogen-bond donors (Lipinski definition) is 1. The average molecular weight is 357 g/mol. The molecule has 0 unspecified atom stereocenters. The number of ketones is 1. The highest BCUT2D eigenvalue weighted by Gasteiger charge is 2.33. The summed E-state index contributed by atoms with van der Waals surface area (Å²) in [7, 11) is 0. The maximum Gasteiger partial charge on any atom is 0.296 e. The lowest BCUT2D eigenvalue weighted by Gasteiger charge is -2.26. The molecule has 25 heavy (non-hydrogen) atoms. The molecule has 1 fully saturated rings. The number of nitrogens with zero attached hydrogens (tertiary/aromatic N) is 2. The maximum absolute atomic E-state index is 13.6. The minimum absolute atomic E-state index is 0.202. The Bertz CT molecular complexity index is 616. The van der Waals surface area contributed by atoms with Gasteiger partial charge in [-0.15, -0.1) is 0 Å². The average Bonchev–Trinajstić information content (AvgIpc) is 3.28. The summed E-state index contributed by atoms with van der Waals surface area (Å²) in [5.74, 6) is -4.05. The van der Waals surface area contributed by atoms with E-state index in [4.69, 9.17) is 10.3 Å². The maximum atomic E-state index is 13.6. The van der Waals surface area contributed by atoms with Gasteiger partial charge < -0.3 is 15.6 Å². The predicted octanol–water partition coefficient (Wildman–Crippen LogP) is 3.27. The number of halogens is 2. The van der Waals surface area contributed by atoms with Gasteiger partial charge in [-0.25, -0.2) is 8.78 Å². The molecule has 2 rings (SSSR count). The SMILES string of the molecule is CCCC(F)(F)C[C@H]([NH-])C(=O)N[C@@H](CC)C(=O)c1nc(C2CC2)no1. The zero-order valence-electron chi connectivity index (χ0n) is 14.3. The first kappa shape index (κ1) is 19.4. The van der Waals surface area contributed by atoms with E-state index >= 15 is 0 Å². The van der Waals surface area contributed by atoms with E-state index in [0.29, 0.717) is 5.82 Å². The van der Waals surface area contributed by atoms with E-state index in [1.54, 1.807) is 13.8 Å². The minimum Gasteiger partial charge on any atom is -0.667 e. The number of aromatic nitrogens is 2. The summed E-state index contributed by atoms with van der Waals surface area (Å²) in [4.78, 5) is 28.4. The molecule has 9 heteroatoms. The fourth-order valence-electron chi connectivity index (χ4n) is 2.48. The Morgan fingerprint density at radius 1 is 1.40 bits per heavy atom. The largest absolute Gasteiger partial charge is 0.667 e. The minimum atomic E-state index is -3.07. The third-order valence-corrected chi connectivity index (χ3v) is 4.07. The zero-order chi connectivity index (χ0) is 18.6. The lowest BCUT2D eigenvalue weighted by Crippen LogP contribution is -2.45. The first-order valence-electron chi connectivity index (χ1n) is 8.54. The van der Waals surface area contributed by atoms with E-state index < -0.39 is 36.1 Å². The molecule has 1 aromatic rings. The van der Waals surface area contributed by atoms with Gasteiger partial charge in [0.1, 0.15) is 0 Å². The molecular formula is C16H23F2N4O3-. The fourth-order valence-corrected chi connectivity index (χ4v) is 2.48. The van der Waals surface area contributed by atoms with Gasteiger partial charge in [0.15, 0.2) is 5.82 Å². The molecule has 1 heterocycles. The summed E-state index contributed by atoms with van der Waals surface area (Å²) in [5.41, 5.74) is 7.64. The van der Waals surface area contributed by atoms with Crippen molar-refractivity contribution in [2.75, 3.05) is 0 Å². The third-order valence-electron chi connectivity index (χ3n) is 4.07. The molecule has 7 nitrogen and oxygen atoms in total. The molecule has 0 spiro atoms. The summed E-state index contributed by atoms with van der Waals surface area (Å²) in [6.07, 6.45) is 1.14. The number of nitrogens with one attached hydrogen (secondary N) is 2. The highest BCUT2D eigenvalue weighted by atomic mass is 19.3. The van der Waals surface area contributed by atoms with Gasteiger partial charge >= 0.3 is 0 Å². The van der Waals surface area contributed by atoms with Gasteiger partial charge in [0.25, 0.3) is 5.89 Å². The van der Waals surface area contributed by atoms with E-state index in [0.717, 1.165) is 12.8 Å². The van der Waals surface area contributed by atoms with E-state index in [1.165, 1.54) is 0 Å². The predicted molar refractivity (Wildman–Crippen MR) is 85.4 cm³/mol. The van der Waals surface area contributed by atoms with Crippen LogP contribution in [0.15, 0.2) is 4.52 Å². The van der Waals surface area contributed by atoms with Crippen molar-refractivity contribution >= 4 is 11.7 Å². The lowest BCUT2D eigenvalue weighted by atomic mass is 10.0. The Balaban J connectivity index is 1.94. The van der Waals surface area contributed by atoms with E-state index in [2.05, 4.69) is 15.5 Å². The van der Waals surface area contributed by atoms with Crippen LogP contribution in [0.1, 0.15) is 74.8 Å². The molecule has 0 aromatic carbocycles. The number of hydrogen-bond acceptors (Lipinski definition) is 5. The number of carbonyl (C=O) groups is 2. The summed E-state index contributed by atoms with van der Waals surface area (Å²) in [6, 6.07) is -2.62. The van der Waals surface area contributed by atoms with Crippen LogP contribution >= 0.6 is 0 Å². The molecule has 1 aromatic heterocycles. The van der Waals surface area contributed by atoms with Crippen LogP contribution < -0.4 is 5.32 Å². The van der Waals surface area contributed by atoms with E-state index in [9.17, 15) is 18.4 Å². The zero-order valence-corrected chi connectivity index (χ0v) is 14.3. The molecular weight excluding hydrogens is 334 g/mol. The van der Waals surface area contributed by atoms with Crippen molar-refractivity contribution in [3.8, 4) is 0 Å². The second kappa shape index (κ2) is 7.99. The first-order valence-corrected chi connectivity index (χ1v) is 8.54. The Kier molecular flexibility index (Phi) is 6.21. The normalized spacial score (nSPS) is 17.2. The number of Topliss-reactive ketones (excluding diaryl/α,β-unsaturated/α-hetero) is 1. The Morgan fingerprint density at radius 3 is 2.64 bits per heavy atom. The first-order chi connectivity index (χ1) is 11.8. The van der Waals surface area contributed by atoms with Crippen molar-refractivity contribution in [1.29, 1.82) is 0 Å². The van der Waals surface area contributed by atoms with Crippen LogP contribution in [0.5, 0.6) is 0 Å². The van der Waals surface area contributed by atoms with Crippen molar-refractivity contribution in [1.82, 2.24) is 15.5 Å². The smallest absolute Gasteiger partial charge is 0.296 e. The highest BCUT2D eigenvalue weighted by molar-refractivity contribution is 5.99. The van der Waals surface area contributed by atoms with Gasteiger partial charge in [-0.3, -0.25) is 9.59 Å². The number of alkyl halides is 2. The van der Waals surface area contributed by atoms with Gasteiger partial charge in [-0.2, -0.15) is 4.98 Å². The standard InChI is InChI=1S/C16H23F2N4O3/c1-3-7-16(17,18)8-10(19)14(24)20-11(4-2)12(23)15-21-13(22-25-15)9-5-6-9/h9-11,19H,3-8H2,1-2H3,(H,20,24)/q-1/t10-,11-/m0/s1. The Hall–Kier alpha value is -1.90. The van der Waals surface area contributed by atoms with Gasteiger partial charge in [-0.1, -0.05) is 31.5 Å². The van der Waals surface area contributed by atoms with Crippen molar-refractivity contribution < 1.29 is 22.9 Å². The molecule has 0 saturated heterocycles. The second-order valence-electron chi connectivity index (χ2n) is 6.43. The Morgan fingerprint density at radius 2 is 2.08 bits per heavy atom. The van der Waals surface area contributed by atoms with Crippen LogP contribution in [-0.4, -0.2) is 39.8 Å². The molecule has 140 valence electrons. The summed E-state index contributed by atoms with van der Waals surface area (Å²) >= 11 is 0. The number of carbonyl (C=O) groups excluding carboxylic acids is 2. The van der Waals surface area contributed by atoms with Crippen molar-refractivity contribution in [3.05, 3.63) is 17.4 Å². The van der Waals surface area contributed by atoms with E-state index in [1.807, 2.05) is 0 Å². The lowest BCUT2D eigenvalue weighted by molar-refractivity contribution is -0.124. The molecule has 1 aliphatic carbocycles. The van der Waals surface area contributed by atoms with Crippen molar-refractivity contribution in [2.24, 2.45) is 0 Å².